The minimum Gasteiger partial charge on any atom is -0.481 e. The van der Waals surface area contributed by atoms with Crippen LogP contribution < -0.4 is 0 Å². The average Bonchev–Trinajstić information content (AvgIpc) is 2.28. The number of carbonyl (C=O) groups is 1. The number of aliphatic carboxylic acids is 1. The van der Waals surface area contributed by atoms with Gasteiger partial charge in [-0.15, -0.1) is 0 Å². The summed E-state index contributed by atoms with van der Waals surface area (Å²) in [5.41, 5.74) is -0.192. The summed E-state index contributed by atoms with van der Waals surface area (Å²) in [5.74, 6) is -0.833. The van der Waals surface area contributed by atoms with Crippen molar-refractivity contribution in [3.63, 3.8) is 0 Å². The molecule has 1 atom stereocenters. The number of methoxy groups -OCH3 is 1. The first-order valence-corrected chi connectivity index (χ1v) is 6.49. The molecular weight excluding hydrogens is 250 g/mol. The first-order chi connectivity index (χ1) is 8.77. The number of hydrogen-bond acceptors (Lipinski definition) is 5. The van der Waals surface area contributed by atoms with Crippen molar-refractivity contribution >= 4 is 5.97 Å². The lowest BCUT2D eigenvalue weighted by atomic mass is 10.0. The van der Waals surface area contributed by atoms with Gasteiger partial charge in [-0.3, -0.25) is 9.69 Å². The zero-order chi connectivity index (χ0) is 14.9. The van der Waals surface area contributed by atoms with Crippen molar-refractivity contribution in [2.24, 2.45) is 0 Å². The van der Waals surface area contributed by atoms with E-state index in [4.69, 9.17) is 14.6 Å². The van der Waals surface area contributed by atoms with Gasteiger partial charge in [-0.1, -0.05) is 0 Å². The topological polar surface area (TPSA) is 79.2 Å². The standard InChI is InChI=1S/C13H27NO5/c1-13(2,3)14(6-5-12(16)17)9-11(15)10-19-8-7-18-4/h11,15H,5-10H2,1-4H3,(H,16,17). The number of aliphatic hydroxyl groups excluding tert-OH is 1. The summed E-state index contributed by atoms with van der Waals surface area (Å²) >= 11 is 0. The van der Waals surface area contributed by atoms with E-state index in [1.54, 1.807) is 7.11 Å². The Morgan fingerprint density at radius 1 is 1.32 bits per heavy atom. The van der Waals surface area contributed by atoms with Crippen molar-refractivity contribution < 1.29 is 24.5 Å². The van der Waals surface area contributed by atoms with Gasteiger partial charge in [-0.05, 0) is 20.8 Å². The van der Waals surface area contributed by atoms with E-state index in [1.165, 1.54) is 0 Å². The van der Waals surface area contributed by atoms with Gasteiger partial charge in [-0.25, -0.2) is 0 Å². The monoisotopic (exact) mass is 277 g/mol. The zero-order valence-electron chi connectivity index (χ0n) is 12.4. The Labute approximate surface area is 115 Å². The fraction of sp³-hybridized carbons (Fsp3) is 0.923. The molecule has 6 heteroatoms. The van der Waals surface area contributed by atoms with Gasteiger partial charge in [0.2, 0.25) is 0 Å². The third-order valence-electron chi connectivity index (χ3n) is 2.72. The second-order valence-corrected chi connectivity index (χ2v) is 5.48. The summed E-state index contributed by atoms with van der Waals surface area (Å²) in [6.07, 6.45) is -0.570. The van der Waals surface area contributed by atoms with Crippen LogP contribution in [-0.2, 0) is 14.3 Å². The number of carboxylic acid groups (broad SMARTS) is 1. The summed E-state index contributed by atoms with van der Waals surface area (Å²) in [4.78, 5) is 12.6. The van der Waals surface area contributed by atoms with Crippen LogP contribution in [0.3, 0.4) is 0 Å². The van der Waals surface area contributed by atoms with Crippen molar-refractivity contribution in [1.29, 1.82) is 0 Å². The molecule has 0 bridgehead atoms. The molecule has 0 aliphatic rings. The number of ether oxygens (including phenoxy) is 2. The maximum Gasteiger partial charge on any atom is 0.304 e. The van der Waals surface area contributed by atoms with Crippen molar-refractivity contribution in [2.75, 3.05) is 40.0 Å². The van der Waals surface area contributed by atoms with E-state index in [2.05, 4.69) is 0 Å². The highest BCUT2D eigenvalue weighted by Gasteiger charge is 2.24. The first-order valence-electron chi connectivity index (χ1n) is 6.49. The third-order valence-corrected chi connectivity index (χ3v) is 2.72. The highest BCUT2D eigenvalue weighted by Crippen LogP contribution is 2.14. The van der Waals surface area contributed by atoms with Gasteiger partial charge in [0, 0.05) is 25.7 Å². The third kappa shape index (κ3) is 9.84. The molecule has 0 aromatic rings. The van der Waals surface area contributed by atoms with Crippen LogP contribution in [0, 0.1) is 0 Å². The van der Waals surface area contributed by atoms with Gasteiger partial charge >= 0.3 is 5.97 Å². The SMILES string of the molecule is COCCOCC(O)CN(CCC(=O)O)C(C)(C)C. The van der Waals surface area contributed by atoms with E-state index in [0.717, 1.165) is 0 Å². The number of rotatable bonds is 10. The van der Waals surface area contributed by atoms with E-state index in [9.17, 15) is 9.90 Å². The van der Waals surface area contributed by atoms with Crippen LogP contribution in [0.4, 0.5) is 0 Å². The second kappa shape index (κ2) is 9.25. The minimum absolute atomic E-state index is 0.0640. The molecule has 0 aliphatic carbocycles. The van der Waals surface area contributed by atoms with Crippen molar-refractivity contribution in [2.45, 2.75) is 38.8 Å². The van der Waals surface area contributed by atoms with Gasteiger partial charge in [-0.2, -0.15) is 0 Å². The molecule has 0 amide bonds. The van der Waals surface area contributed by atoms with Crippen LogP contribution in [-0.4, -0.2) is 72.7 Å². The second-order valence-electron chi connectivity index (χ2n) is 5.48. The summed E-state index contributed by atoms with van der Waals surface area (Å²) in [6.45, 7) is 7.95. The predicted molar refractivity (Wildman–Crippen MR) is 72.3 cm³/mol. The van der Waals surface area contributed by atoms with Crippen LogP contribution in [0.1, 0.15) is 27.2 Å². The molecule has 0 aromatic carbocycles. The molecule has 1 unspecified atom stereocenters. The largest absolute Gasteiger partial charge is 0.481 e. The zero-order valence-corrected chi connectivity index (χ0v) is 12.4. The van der Waals surface area contributed by atoms with Gasteiger partial charge in [0.05, 0.1) is 32.3 Å². The van der Waals surface area contributed by atoms with Crippen LogP contribution in [0.2, 0.25) is 0 Å². The molecule has 0 spiro atoms. The van der Waals surface area contributed by atoms with Crippen LogP contribution in [0.5, 0.6) is 0 Å². The lowest BCUT2D eigenvalue weighted by Crippen LogP contribution is -2.47. The van der Waals surface area contributed by atoms with Gasteiger partial charge in [0.25, 0.3) is 0 Å². The summed E-state index contributed by atoms with van der Waals surface area (Å²) in [6, 6.07) is 0. The molecule has 0 fully saturated rings. The molecule has 6 nitrogen and oxygen atoms in total. The molecule has 0 aromatic heterocycles. The lowest BCUT2D eigenvalue weighted by molar-refractivity contribution is -0.137. The average molecular weight is 277 g/mol. The molecule has 0 saturated carbocycles. The highest BCUT2D eigenvalue weighted by atomic mass is 16.5. The van der Waals surface area contributed by atoms with Gasteiger partial charge < -0.3 is 19.7 Å². The first kappa shape index (κ1) is 18.3. The maximum atomic E-state index is 10.6. The van der Waals surface area contributed by atoms with E-state index >= 15 is 0 Å². The van der Waals surface area contributed by atoms with Gasteiger partial charge in [0.1, 0.15) is 0 Å². The minimum atomic E-state index is -0.833. The molecule has 114 valence electrons. The Kier molecular flexibility index (Phi) is 8.92. The number of nitrogens with zero attached hydrogens (tertiary/aromatic N) is 1. The summed E-state index contributed by atoms with van der Waals surface area (Å²) < 4.78 is 10.1. The molecule has 0 heterocycles. The van der Waals surface area contributed by atoms with E-state index in [0.29, 0.717) is 26.3 Å². The number of carboxylic acids is 1. The Bertz CT molecular complexity index is 252. The normalized spacial score (nSPS) is 13.8. The Morgan fingerprint density at radius 3 is 2.42 bits per heavy atom. The van der Waals surface area contributed by atoms with E-state index in [1.807, 2.05) is 25.7 Å². The fourth-order valence-corrected chi connectivity index (χ4v) is 1.60. The van der Waals surface area contributed by atoms with Gasteiger partial charge in [0.15, 0.2) is 0 Å². The predicted octanol–water partition coefficient (Wildman–Crippen LogP) is 0.586. The summed E-state index contributed by atoms with van der Waals surface area (Å²) in [7, 11) is 1.59. The molecular formula is C13H27NO5. The van der Waals surface area contributed by atoms with Crippen molar-refractivity contribution in [3.8, 4) is 0 Å². The molecule has 0 radical (unpaired) electrons. The number of hydrogen-bond donors (Lipinski definition) is 2. The van der Waals surface area contributed by atoms with E-state index in [-0.39, 0.29) is 18.6 Å². The quantitative estimate of drug-likeness (QED) is 0.569. The van der Waals surface area contributed by atoms with Crippen molar-refractivity contribution in [1.82, 2.24) is 4.90 Å². The van der Waals surface area contributed by atoms with E-state index < -0.39 is 12.1 Å². The summed E-state index contributed by atoms with van der Waals surface area (Å²) in [5, 5.41) is 18.6. The van der Waals surface area contributed by atoms with Crippen LogP contribution >= 0.6 is 0 Å². The van der Waals surface area contributed by atoms with Crippen molar-refractivity contribution in [3.05, 3.63) is 0 Å². The highest BCUT2D eigenvalue weighted by molar-refractivity contribution is 5.66. The molecule has 0 saturated heterocycles. The molecule has 0 rings (SSSR count). The number of β-amino-alcohol motifs (C(OH)–C–C–N with tert-alkyl or cyclic N) is 1. The molecule has 0 aliphatic heterocycles. The molecule has 19 heavy (non-hydrogen) atoms. The smallest absolute Gasteiger partial charge is 0.304 e. The fourth-order valence-electron chi connectivity index (χ4n) is 1.60. The Hall–Kier alpha value is -0.690. The number of aliphatic hydroxyl groups is 1. The molecule has 2 N–H and O–H groups in total. The maximum absolute atomic E-state index is 10.6. The van der Waals surface area contributed by atoms with Crippen LogP contribution in [0.25, 0.3) is 0 Å². The Morgan fingerprint density at radius 2 is 1.95 bits per heavy atom. The lowest BCUT2D eigenvalue weighted by Gasteiger charge is -2.36. The Balaban J connectivity index is 4.12. The van der Waals surface area contributed by atoms with Crippen LogP contribution in [0.15, 0.2) is 0 Å².